The molecule has 7 heterocycles. The number of hydrogen-bond donors (Lipinski definition) is 0. The summed E-state index contributed by atoms with van der Waals surface area (Å²) in [6.07, 6.45) is 1.81. The highest BCUT2D eigenvalue weighted by Gasteiger charge is 2.38. The van der Waals surface area contributed by atoms with E-state index in [1.54, 1.807) is 35.0 Å². The quantitative estimate of drug-likeness (QED) is 0.127. The van der Waals surface area contributed by atoms with Crippen LogP contribution in [0.5, 0.6) is 17.2 Å². The van der Waals surface area contributed by atoms with E-state index in [0.717, 1.165) is 39.8 Å². The molecule has 0 bridgehead atoms. The minimum atomic E-state index is -4.47. The van der Waals surface area contributed by atoms with Crippen LogP contribution in [-0.4, -0.2) is 124 Å². The van der Waals surface area contributed by atoms with E-state index < -0.39 is 43.1 Å². The monoisotopic (exact) mass is 895 g/mol. The minimum Gasteiger partial charge on any atom is -0.496 e. The van der Waals surface area contributed by atoms with Gasteiger partial charge in [-0.1, -0.05) is 0 Å². The van der Waals surface area contributed by atoms with Crippen molar-refractivity contribution in [2.45, 2.75) is 50.5 Å². The molecule has 0 aliphatic carbocycles. The molecule has 338 valence electrons. The Morgan fingerprint density at radius 1 is 0.703 bits per heavy atom. The van der Waals surface area contributed by atoms with Crippen LogP contribution in [0.4, 0.5) is 30.7 Å². The van der Waals surface area contributed by atoms with Crippen LogP contribution in [0.2, 0.25) is 0 Å². The Balaban J connectivity index is 0.000000181. The molecule has 2 aromatic carbocycles. The van der Waals surface area contributed by atoms with Gasteiger partial charge in [0.15, 0.2) is 0 Å². The number of rotatable bonds is 10. The van der Waals surface area contributed by atoms with Gasteiger partial charge in [-0.25, -0.2) is 14.4 Å². The maximum atomic E-state index is 13.4. The van der Waals surface area contributed by atoms with Gasteiger partial charge in [0.2, 0.25) is 0 Å². The predicted octanol–water partition coefficient (Wildman–Crippen LogP) is 8.14. The summed E-state index contributed by atoms with van der Waals surface area (Å²) in [5.74, 6) is -0.586. The second-order valence-corrected chi connectivity index (χ2v) is 16.0. The molecule has 0 saturated carbocycles. The number of hydrogen-bond acceptors (Lipinski definition) is 8. The normalized spacial score (nSPS) is 16.8. The minimum absolute atomic E-state index is 0.00243. The first-order chi connectivity index (χ1) is 30.5. The highest BCUT2D eigenvalue weighted by molar-refractivity contribution is 6.01. The van der Waals surface area contributed by atoms with Gasteiger partial charge in [0.25, 0.3) is 11.8 Å². The summed E-state index contributed by atoms with van der Waals surface area (Å²) in [7, 11) is 4.93. The fourth-order valence-electron chi connectivity index (χ4n) is 8.70. The zero-order valence-corrected chi connectivity index (χ0v) is 35.1. The maximum absolute atomic E-state index is 13.4. The molecule has 0 radical (unpaired) electrons. The first kappa shape index (κ1) is 44.2. The number of fused-ring (bicyclic) bond motifs is 4. The number of pyridine rings is 2. The molecule has 64 heavy (non-hydrogen) atoms. The number of aromatic nitrogens is 4. The second-order valence-electron chi connectivity index (χ2n) is 16.0. The average Bonchev–Trinajstić information content (AvgIpc) is 3.99. The Kier molecular flexibility index (Phi) is 12.2. The third-order valence-corrected chi connectivity index (χ3v) is 11.8. The van der Waals surface area contributed by atoms with E-state index in [1.165, 1.54) is 45.4 Å². The first-order valence-electron chi connectivity index (χ1n) is 20.6. The number of ether oxygens (including phenoxy) is 3. The Hall–Kier alpha value is -6.37. The van der Waals surface area contributed by atoms with E-state index in [2.05, 4.69) is 21.9 Å². The van der Waals surface area contributed by atoms with E-state index in [1.807, 2.05) is 28.8 Å². The molecule has 1 unspecified atom stereocenters. The molecule has 6 aromatic rings. The van der Waals surface area contributed by atoms with Crippen LogP contribution in [-0.2, 0) is 12.8 Å². The summed E-state index contributed by atoms with van der Waals surface area (Å²) in [6.45, 7) is -0.819. The number of halogens is 7. The summed E-state index contributed by atoms with van der Waals surface area (Å²) in [4.78, 5) is 38.1. The van der Waals surface area contributed by atoms with Gasteiger partial charge < -0.3 is 28.9 Å². The van der Waals surface area contributed by atoms with Gasteiger partial charge in [0.1, 0.15) is 47.4 Å². The molecule has 12 nitrogen and oxygen atoms in total. The van der Waals surface area contributed by atoms with Crippen LogP contribution < -0.4 is 14.2 Å². The van der Waals surface area contributed by atoms with Crippen molar-refractivity contribution in [3.63, 3.8) is 0 Å². The number of alkyl halides is 6. The molecule has 9 rings (SSSR count). The zero-order valence-electron chi connectivity index (χ0n) is 35.1. The van der Waals surface area contributed by atoms with Crippen LogP contribution in [0.15, 0.2) is 73.3 Å². The van der Waals surface area contributed by atoms with Gasteiger partial charge in [0, 0.05) is 54.8 Å². The van der Waals surface area contributed by atoms with Crippen molar-refractivity contribution < 1.29 is 54.5 Å². The Morgan fingerprint density at radius 2 is 1.22 bits per heavy atom. The molecule has 1 atom stereocenters. The van der Waals surface area contributed by atoms with Gasteiger partial charge in [-0.3, -0.25) is 18.4 Å². The van der Waals surface area contributed by atoms with Crippen LogP contribution in [0, 0.1) is 5.82 Å². The smallest absolute Gasteiger partial charge is 0.406 e. The van der Waals surface area contributed by atoms with Crippen molar-refractivity contribution in [3.8, 4) is 39.8 Å². The molecule has 0 N–H and O–H groups in total. The van der Waals surface area contributed by atoms with Crippen LogP contribution in [0.25, 0.3) is 33.8 Å². The number of carbonyl (C=O) groups is 2. The van der Waals surface area contributed by atoms with Crippen molar-refractivity contribution in [1.29, 1.82) is 0 Å². The molecule has 3 aliphatic rings. The van der Waals surface area contributed by atoms with E-state index in [0.29, 0.717) is 52.7 Å². The molecule has 2 amide bonds. The highest BCUT2D eigenvalue weighted by Crippen LogP contribution is 2.37. The van der Waals surface area contributed by atoms with Crippen LogP contribution in [0.1, 0.15) is 51.1 Å². The molecule has 1 saturated heterocycles. The van der Waals surface area contributed by atoms with Gasteiger partial charge in [0.05, 0.1) is 55.7 Å². The lowest BCUT2D eigenvalue weighted by atomic mass is 9.94. The molecule has 4 aromatic heterocycles. The van der Waals surface area contributed by atoms with Crippen LogP contribution >= 0.6 is 0 Å². The third kappa shape index (κ3) is 9.30. The molecular weight excluding hydrogens is 852 g/mol. The molecule has 19 heteroatoms. The summed E-state index contributed by atoms with van der Waals surface area (Å²) in [5, 5.41) is 0. The zero-order chi connectivity index (χ0) is 45.5. The van der Waals surface area contributed by atoms with Crippen LogP contribution in [0.3, 0.4) is 0 Å². The second kappa shape index (κ2) is 17.7. The van der Waals surface area contributed by atoms with Crippen molar-refractivity contribution in [2.75, 3.05) is 60.6 Å². The predicted molar refractivity (Wildman–Crippen MR) is 221 cm³/mol. The number of nitrogens with zero attached hydrogens (tertiary/aromatic N) is 7. The maximum Gasteiger partial charge on any atom is 0.406 e. The fraction of sp³-hybridized carbons (Fsp3) is 0.378. The summed E-state index contributed by atoms with van der Waals surface area (Å²) < 4.78 is 111. The third-order valence-electron chi connectivity index (χ3n) is 11.8. The Labute approximate surface area is 362 Å². The van der Waals surface area contributed by atoms with E-state index in [4.69, 9.17) is 14.2 Å². The standard InChI is InChI=1S/C26H29F3N4O3.C19H15F4N3O2/c1-31-8-3-4-19(31)7-11-36-20-6-10-33-21(15-30-23(33)14-20)18-12-17-5-9-32(16-26(27,28)29)25(34)24(17)22(13-18)35-2;1-28-15-7-12(14-9-24-16-8-13(20)3-5-26(14)16)6-11-2-4-25(10-19(21,22)23)18(27)17(11)15/h6,10,12-15,19H,3-5,7-9,11,16H2,1-2H3;3,5-9H,2,4,10H2,1H3. The lowest BCUT2D eigenvalue weighted by Gasteiger charge is -2.30. The summed E-state index contributed by atoms with van der Waals surface area (Å²) in [6, 6.07) is 13.8. The number of benzene rings is 2. The van der Waals surface area contributed by atoms with Gasteiger partial charge in [-0.15, -0.1) is 0 Å². The molecular formula is C45H44F7N7O5. The number of carbonyl (C=O) groups excluding carboxylic acids is 2. The average molecular weight is 896 g/mol. The Bertz CT molecular complexity index is 2680. The van der Waals surface area contributed by atoms with E-state index in [9.17, 15) is 40.3 Å². The van der Waals surface area contributed by atoms with Crippen molar-refractivity contribution >= 4 is 23.1 Å². The van der Waals surface area contributed by atoms with Gasteiger partial charge >= 0.3 is 12.4 Å². The van der Waals surface area contributed by atoms with Gasteiger partial charge in [-0.05, 0) is 93.2 Å². The van der Waals surface area contributed by atoms with Gasteiger partial charge in [-0.2, -0.15) is 26.3 Å². The topological polar surface area (TPSA) is 106 Å². The Morgan fingerprint density at radius 3 is 1.70 bits per heavy atom. The lowest BCUT2D eigenvalue weighted by Crippen LogP contribution is -2.43. The summed E-state index contributed by atoms with van der Waals surface area (Å²) in [5.41, 5.74) is 5.62. The van der Waals surface area contributed by atoms with E-state index in [-0.39, 0.29) is 42.1 Å². The highest BCUT2D eigenvalue weighted by atomic mass is 19.4. The van der Waals surface area contributed by atoms with E-state index >= 15 is 0 Å². The molecule has 0 spiro atoms. The van der Waals surface area contributed by atoms with Crippen molar-refractivity contribution in [1.82, 2.24) is 33.5 Å². The largest absolute Gasteiger partial charge is 0.496 e. The fourth-order valence-corrected chi connectivity index (χ4v) is 8.70. The first-order valence-corrected chi connectivity index (χ1v) is 20.6. The summed E-state index contributed by atoms with van der Waals surface area (Å²) >= 11 is 0. The number of amides is 2. The molecule has 3 aliphatic heterocycles. The number of imidazole rings is 2. The van der Waals surface area contributed by atoms with Crippen molar-refractivity contribution in [3.05, 3.63) is 101 Å². The number of methoxy groups -OCH3 is 2. The molecule has 1 fully saturated rings. The lowest BCUT2D eigenvalue weighted by molar-refractivity contribution is -0.141. The SMILES string of the molecule is COc1cc(-c2cnc3cc(F)ccn23)cc2c1C(=O)N(CC(F)(F)F)CC2.COc1cc(-c2cnc3cc(OCCC4CCCN4C)ccn23)cc2c1C(=O)N(CC(F)(F)F)CC2. The van der Waals surface area contributed by atoms with Crippen molar-refractivity contribution in [2.24, 2.45) is 0 Å². The number of likely N-dealkylation sites (tertiary alicyclic amines) is 1.